The summed E-state index contributed by atoms with van der Waals surface area (Å²) in [7, 11) is 0. The molecule has 0 aliphatic carbocycles. The summed E-state index contributed by atoms with van der Waals surface area (Å²) in [5.74, 6) is -2.21. The van der Waals surface area contributed by atoms with E-state index in [1.54, 1.807) is 0 Å². The van der Waals surface area contributed by atoms with Gasteiger partial charge in [-0.05, 0) is 6.42 Å². The maximum atomic E-state index is 13.1. The van der Waals surface area contributed by atoms with Crippen molar-refractivity contribution in [3.8, 4) is 5.75 Å². The molecule has 0 atom stereocenters. The van der Waals surface area contributed by atoms with Gasteiger partial charge in [-0.25, -0.2) is 4.39 Å². The van der Waals surface area contributed by atoms with Crippen LogP contribution in [0.4, 0.5) is 10.1 Å². The van der Waals surface area contributed by atoms with Crippen LogP contribution in [0.1, 0.15) is 23.2 Å². The number of hydrogen-bond acceptors (Lipinski definition) is 5. The van der Waals surface area contributed by atoms with E-state index in [0.717, 1.165) is 6.07 Å². The summed E-state index contributed by atoms with van der Waals surface area (Å²) in [5.41, 5.74) is -1.06. The van der Waals surface area contributed by atoms with Crippen LogP contribution in [0.25, 0.3) is 0 Å². The van der Waals surface area contributed by atoms with Crippen LogP contribution >= 0.6 is 0 Å². The second-order valence-electron chi connectivity index (χ2n) is 3.56. The van der Waals surface area contributed by atoms with Gasteiger partial charge in [-0.3, -0.25) is 19.7 Å². The smallest absolute Gasteiger partial charge is 0.303 e. The summed E-state index contributed by atoms with van der Waals surface area (Å²) >= 11 is 0. The molecule has 0 unspecified atom stereocenters. The van der Waals surface area contributed by atoms with Crippen molar-refractivity contribution in [3.05, 3.63) is 33.6 Å². The average molecular weight is 271 g/mol. The number of halogens is 1. The summed E-state index contributed by atoms with van der Waals surface area (Å²) < 4.78 is 18.2. The zero-order valence-electron chi connectivity index (χ0n) is 9.67. The molecule has 0 bridgehead atoms. The highest BCUT2D eigenvalue weighted by Gasteiger charge is 2.20. The van der Waals surface area contributed by atoms with Gasteiger partial charge >= 0.3 is 5.97 Å². The van der Waals surface area contributed by atoms with Crippen molar-refractivity contribution < 1.29 is 28.7 Å². The lowest BCUT2D eigenvalue weighted by Crippen LogP contribution is -2.05. The number of aldehydes is 1. The van der Waals surface area contributed by atoms with Crippen LogP contribution in [-0.4, -0.2) is 28.9 Å². The highest BCUT2D eigenvalue weighted by atomic mass is 19.1. The summed E-state index contributed by atoms with van der Waals surface area (Å²) in [6.45, 7) is -0.0895. The first-order valence-electron chi connectivity index (χ1n) is 5.23. The fourth-order valence-corrected chi connectivity index (χ4v) is 1.37. The van der Waals surface area contributed by atoms with Crippen molar-refractivity contribution in [3.63, 3.8) is 0 Å². The van der Waals surface area contributed by atoms with E-state index in [1.807, 2.05) is 0 Å². The number of carbonyl (C=O) groups is 2. The van der Waals surface area contributed by atoms with Gasteiger partial charge < -0.3 is 9.84 Å². The fraction of sp³-hybridized carbons (Fsp3) is 0.273. The highest BCUT2D eigenvalue weighted by Crippen LogP contribution is 2.28. The molecule has 0 saturated carbocycles. The standard InChI is InChI=1S/C11H10FNO6/c12-7-4-9(13(17)18)8(6-14)10(5-7)19-3-1-2-11(15)16/h4-6H,1-3H2,(H,15,16). The largest absolute Gasteiger partial charge is 0.492 e. The molecule has 1 rings (SSSR count). The Labute approximate surface area is 106 Å². The Balaban J connectivity index is 2.90. The number of nitrogens with zero attached hydrogens (tertiary/aromatic N) is 1. The van der Waals surface area contributed by atoms with Crippen LogP contribution < -0.4 is 4.74 Å². The molecule has 0 amide bonds. The van der Waals surface area contributed by atoms with E-state index >= 15 is 0 Å². The Bertz CT molecular complexity index is 516. The SMILES string of the molecule is O=Cc1c(OCCCC(=O)O)cc(F)cc1[N+](=O)[O-]. The minimum Gasteiger partial charge on any atom is -0.492 e. The second kappa shape index (κ2) is 6.43. The van der Waals surface area contributed by atoms with E-state index in [4.69, 9.17) is 9.84 Å². The molecule has 1 aromatic carbocycles. The maximum absolute atomic E-state index is 13.1. The zero-order chi connectivity index (χ0) is 14.4. The first-order chi connectivity index (χ1) is 8.95. The minimum atomic E-state index is -1.02. The second-order valence-corrected chi connectivity index (χ2v) is 3.56. The third-order valence-corrected chi connectivity index (χ3v) is 2.19. The van der Waals surface area contributed by atoms with Gasteiger partial charge in [0.2, 0.25) is 0 Å². The molecule has 0 radical (unpaired) electrons. The normalized spacial score (nSPS) is 9.95. The van der Waals surface area contributed by atoms with Crippen molar-refractivity contribution >= 4 is 17.9 Å². The predicted octanol–water partition coefficient (Wildman–Crippen LogP) is 1.79. The number of rotatable bonds is 7. The molecule has 8 heteroatoms. The average Bonchev–Trinajstić information content (AvgIpc) is 2.33. The van der Waals surface area contributed by atoms with Crippen molar-refractivity contribution in [1.29, 1.82) is 0 Å². The Hall–Kier alpha value is -2.51. The molecule has 1 N–H and O–H groups in total. The van der Waals surface area contributed by atoms with Crippen molar-refractivity contribution in [2.75, 3.05) is 6.61 Å². The van der Waals surface area contributed by atoms with Crippen molar-refractivity contribution in [2.45, 2.75) is 12.8 Å². The van der Waals surface area contributed by atoms with Gasteiger partial charge in [0.1, 0.15) is 17.1 Å². The molecule has 0 fully saturated rings. The molecule has 19 heavy (non-hydrogen) atoms. The van der Waals surface area contributed by atoms with Gasteiger partial charge in [0.05, 0.1) is 17.6 Å². The maximum Gasteiger partial charge on any atom is 0.303 e. The molecule has 0 heterocycles. The predicted molar refractivity (Wildman–Crippen MR) is 60.8 cm³/mol. The van der Waals surface area contributed by atoms with E-state index in [1.165, 1.54) is 0 Å². The van der Waals surface area contributed by atoms with Gasteiger partial charge in [-0.2, -0.15) is 0 Å². The molecule has 0 aliphatic rings. The number of hydrogen-bond donors (Lipinski definition) is 1. The topological polar surface area (TPSA) is 107 Å². The van der Waals surface area contributed by atoms with Crippen LogP contribution in [0.5, 0.6) is 5.75 Å². The lowest BCUT2D eigenvalue weighted by Gasteiger charge is -2.08. The molecular formula is C11H10FNO6. The number of ether oxygens (including phenoxy) is 1. The summed E-state index contributed by atoms with van der Waals surface area (Å²) in [6, 6.07) is 1.46. The van der Waals surface area contributed by atoms with Gasteiger partial charge in [0, 0.05) is 12.5 Å². The highest BCUT2D eigenvalue weighted by molar-refractivity contribution is 5.85. The Morgan fingerprint density at radius 1 is 1.53 bits per heavy atom. The van der Waals surface area contributed by atoms with Gasteiger partial charge in [0.15, 0.2) is 6.29 Å². The van der Waals surface area contributed by atoms with E-state index in [9.17, 15) is 24.1 Å². The molecule has 102 valence electrons. The zero-order valence-corrected chi connectivity index (χ0v) is 9.67. The summed E-state index contributed by atoms with van der Waals surface area (Å²) in [5, 5.41) is 19.1. The third-order valence-electron chi connectivity index (χ3n) is 2.19. The summed E-state index contributed by atoms with van der Waals surface area (Å²) in [4.78, 5) is 30.8. The minimum absolute atomic E-state index is 0.0895. The molecule has 0 aliphatic heterocycles. The Morgan fingerprint density at radius 3 is 2.74 bits per heavy atom. The van der Waals surface area contributed by atoms with E-state index in [2.05, 4.69) is 0 Å². The first kappa shape index (κ1) is 14.6. The van der Waals surface area contributed by atoms with Crippen molar-refractivity contribution in [2.24, 2.45) is 0 Å². The number of aliphatic carboxylic acids is 1. The molecule has 1 aromatic rings. The van der Waals surface area contributed by atoms with Gasteiger partial charge in [-0.15, -0.1) is 0 Å². The number of nitro benzene ring substituents is 1. The monoisotopic (exact) mass is 271 g/mol. The first-order valence-corrected chi connectivity index (χ1v) is 5.23. The molecule has 0 aromatic heterocycles. The third kappa shape index (κ3) is 4.02. The number of benzene rings is 1. The van der Waals surface area contributed by atoms with E-state index in [0.29, 0.717) is 6.07 Å². The molecular weight excluding hydrogens is 261 g/mol. The van der Waals surface area contributed by atoms with E-state index < -0.39 is 22.4 Å². The quantitative estimate of drug-likeness (QED) is 0.350. The van der Waals surface area contributed by atoms with Crippen molar-refractivity contribution in [1.82, 2.24) is 0 Å². The lowest BCUT2D eigenvalue weighted by molar-refractivity contribution is -0.385. The lowest BCUT2D eigenvalue weighted by atomic mass is 10.1. The van der Waals surface area contributed by atoms with Crippen LogP contribution in [0.15, 0.2) is 12.1 Å². The molecule has 0 spiro atoms. The fourth-order valence-electron chi connectivity index (χ4n) is 1.37. The number of nitro groups is 1. The van der Waals surface area contributed by atoms with Crippen LogP contribution in [-0.2, 0) is 4.79 Å². The van der Waals surface area contributed by atoms with Crippen LogP contribution in [0.3, 0.4) is 0 Å². The molecule has 0 saturated heterocycles. The van der Waals surface area contributed by atoms with Crippen LogP contribution in [0.2, 0.25) is 0 Å². The summed E-state index contributed by atoms with van der Waals surface area (Å²) in [6.07, 6.45) is 0.176. The number of carboxylic acid groups (broad SMARTS) is 1. The number of carbonyl (C=O) groups excluding carboxylic acids is 1. The molecule has 7 nitrogen and oxygen atoms in total. The van der Waals surface area contributed by atoms with Gasteiger partial charge in [0.25, 0.3) is 5.69 Å². The van der Waals surface area contributed by atoms with Crippen LogP contribution in [0, 0.1) is 15.9 Å². The Kier molecular flexibility index (Phi) is 4.92. The van der Waals surface area contributed by atoms with E-state index in [-0.39, 0.29) is 37.0 Å². The number of carboxylic acids is 1. The Morgan fingerprint density at radius 2 is 2.21 bits per heavy atom. The van der Waals surface area contributed by atoms with Gasteiger partial charge in [-0.1, -0.05) is 0 Å².